The standard InChI is InChI=1S/C33H31F2N5/c1-6-21(16-25(7-2)37-20(5)22-10-9-11-22)19(4)30(35)29-27(8-3)38-32(29)33-39-28-18-36-17-26(31(28)40-33)23-12-14-24(34)15-13-23/h6-8,12-18,22,37H,2,4-5,9-11H2,1,3H3,(H,39,40)/b21-6+,25-16+,27-8+,30-29-. The maximum atomic E-state index is 16.1. The number of H-pyrrole nitrogens is 1. The van der Waals surface area contributed by atoms with Gasteiger partial charge in [0.05, 0.1) is 28.5 Å². The topological polar surface area (TPSA) is 66.0 Å². The van der Waals surface area contributed by atoms with Gasteiger partial charge in [-0.25, -0.2) is 18.8 Å². The molecule has 2 aliphatic rings. The summed E-state index contributed by atoms with van der Waals surface area (Å²) in [4.78, 5) is 16.8. The third-order valence-electron chi connectivity index (χ3n) is 7.35. The third-order valence-corrected chi connectivity index (χ3v) is 7.35. The largest absolute Gasteiger partial charge is 0.359 e. The minimum atomic E-state index is -0.485. The van der Waals surface area contributed by atoms with Gasteiger partial charge < -0.3 is 10.3 Å². The molecular formula is C33H31F2N5. The molecule has 0 amide bonds. The van der Waals surface area contributed by atoms with E-state index in [2.05, 4.69) is 40.0 Å². The number of hydrogen-bond acceptors (Lipinski definition) is 4. The van der Waals surface area contributed by atoms with Gasteiger partial charge in [0.25, 0.3) is 0 Å². The zero-order chi connectivity index (χ0) is 28.4. The molecule has 3 aromatic rings. The Morgan fingerprint density at radius 1 is 1.12 bits per heavy atom. The maximum absolute atomic E-state index is 16.1. The van der Waals surface area contributed by atoms with Gasteiger partial charge in [-0.1, -0.05) is 50.4 Å². The molecule has 0 bridgehead atoms. The van der Waals surface area contributed by atoms with E-state index in [4.69, 9.17) is 4.98 Å². The number of pyridine rings is 1. The van der Waals surface area contributed by atoms with Gasteiger partial charge in [0, 0.05) is 28.7 Å². The second kappa shape index (κ2) is 11.2. The zero-order valence-electron chi connectivity index (χ0n) is 22.7. The van der Waals surface area contributed by atoms with Crippen LogP contribution in [0.3, 0.4) is 0 Å². The molecule has 0 radical (unpaired) electrons. The fourth-order valence-electron chi connectivity index (χ4n) is 4.76. The zero-order valence-corrected chi connectivity index (χ0v) is 22.7. The van der Waals surface area contributed by atoms with E-state index in [0.29, 0.717) is 45.3 Å². The first kappa shape index (κ1) is 26.9. The molecule has 5 rings (SSSR count). The Bertz CT molecular complexity index is 1680. The Morgan fingerprint density at radius 2 is 1.88 bits per heavy atom. The van der Waals surface area contributed by atoms with Crippen LogP contribution in [-0.2, 0) is 0 Å². The summed E-state index contributed by atoms with van der Waals surface area (Å²) in [5.74, 6) is 0.0567. The second-order valence-electron chi connectivity index (χ2n) is 9.80. The minimum Gasteiger partial charge on any atom is -0.359 e. The summed E-state index contributed by atoms with van der Waals surface area (Å²) in [6.07, 6.45) is 13.9. The van der Waals surface area contributed by atoms with Crippen molar-refractivity contribution in [2.75, 3.05) is 0 Å². The van der Waals surface area contributed by atoms with Gasteiger partial charge in [-0.15, -0.1) is 0 Å². The van der Waals surface area contributed by atoms with E-state index in [-0.39, 0.29) is 11.4 Å². The van der Waals surface area contributed by atoms with Gasteiger partial charge >= 0.3 is 0 Å². The van der Waals surface area contributed by atoms with E-state index in [9.17, 15) is 4.39 Å². The van der Waals surface area contributed by atoms with Crippen LogP contribution in [0, 0.1) is 11.7 Å². The monoisotopic (exact) mass is 535 g/mol. The van der Waals surface area contributed by atoms with Crippen molar-refractivity contribution in [3.05, 3.63) is 132 Å². The second-order valence-corrected chi connectivity index (χ2v) is 9.80. The number of benzene rings is 1. The number of aromatic nitrogens is 3. The number of halogens is 2. The highest BCUT2D eigenvalue weighted by molar-refractivity contribution is 6.20. The van der Waals surface area contributed by atoms with Crippen LogP contribution in [-0.4, -0.2) is 20.7 Å². The first-order valence-corrected chi connectivity index (χ1v) is 13.3. The number of allylic oxidation sites excluding steroid dienone is 9. The van der Waals surface area contributed by atoms with Gasteiger partial charge in [0.1, 0.15) is 17.4 Å². The fraction of sp³-hybridized carbons (Fsp3) is 0.182. The smallest absolute Gasteiger partial charge is 0.158 e. The summed E-state index contributed by atoms with van der Waals surface area (Å²) >= 11 is 0. The lowest BCUT2D eigenvalue weighted by Crippen LogP contribution is -2.23. The van der Waals surface area contributed by atoms with Crippen LogP contribution in [0.25, 0.3) is 22.2 Å². The Balaban J connectivity index is 1.47. The highest BCUT2D eigenvalue weighted by Gasteiger charge is 2.31. The predicted molar refractivity (Wildman–Crippen MR) is 159 cm³/mol. The summed E-state index contributed by atoms with van der Waals surface area (Å²) in [7, 11) is 0. The van der Waals surface area contributed by atoms with E-state index in [1.54, 1.807) is 36.7 Å². The summed E-state index contributed by atoms with van der Waals surface area (Å²) < 4.78 is 29.6. The molecule has 0 saturated heterocycles. The maximum Gasteiger partial charge on any atom is 0.158 e. The summed E-state index contributed by atoms with van der Waals surface area (Å²) in [6.45, 7) is 15.8. The fourth-order valence-corrected chi connectivity index (χ4v) is 4.76. The highest BCUT2D eigenvalue weighted by Crippen LogP contribution is 2.37. The Morgan fingerprint density at radius 3 is 2.50 bits per heavy atom. The van der Waals surface area contributed by atoms with Crippen molar-refractivity contribution in [3.8, 4) is 11.1 Å². The number of aliphatic imine (C=N–C) groups is 1. The van der Waals surface area contributed by atoms with Crippen LogP contribution in [0.5, 0.6) is 0 Å². The van der Waals surface area contributed by atoms with Gasteiger partial charge in [-0.2, -0.15) is 0 Å². The SMILES string of the molecule is C=C/C(=C\C(=C/C)C(=C)/C(F)=C1C(c2nc3c(-c4ccc(F)cc4)cncc3[nH]2)=NC/1=C/C)NC(=C)C1CCC1. The van der Waals surface area contributed by atoms with Crippen molar-refractivity contribution >= 4 is 16.7 Å². The number of hydrogen-bond donors (Lipinski definition) is 2. The molecule has 3 heterocycles. The molecule has 2 aromatic heterocycles. The third kappa shape index (κ3) is 5.02. The van der Waals surface area contributed by atoms with Crippen molar-refractivity contribution in [2.45, 2.75) is 33.1 Å². The Hall–Kier alpha value is -4.65. The lowest BCUT2D eigenvalue weighted by molar-refractivity contribution is 0.356. The first-order chi connectivity index (χ1) is 19.3. The first-order valence-electron chi connectivity index (χ1n) is 13.3. The van der Waals surface area contributed by atoms with Gasteiger partial charge in [-0.05, 0) is 68.0 Å². The molecule has 202 valence electrons. The molecule has 1 fully saturated rings. The Labute approximate surface area is 232 Å². The number of aromatic amines is 1. The normalized spacial score (nSPS) is 18.2. The quantitative estimate of drug-likeness (QED) is 0.272. The number of imidazole rings is 1. The molecule has 0 atom stereocenters. The van der Waals surface area contributed by atoms with Crippen LogP contribution in [0.4, 0.5) is 8.78 Å². The highest BCUT2D eigenvalue weighted by atomic mass is 19.1. The number of nitrogens with zero attached hydrogens (tertiary/aromatic N) is 3. The number of rotatable bonds is 9. The molecule has 1 aromatic carbocycles. The van der Waals surface area contributed by atoms with Gasteiger partial charge in [0.15, 0.2) is 5.82 Å². The molecule has 7 heteroatoms. The number of nitrogens with one attached hydrogen (secondary N) is 2. The minimum absolute atomic E-state index is 0.226. The van der Waals surface area contributed by atoms with E-state index in [0.717, 1.165) is 35.4 Å². The van der Waals surface area contributed by atoms with E-state index in [1.807, 2.05) is 26.0 Å². The van der Waals surface area contributed by atoms with E-state index >= 15 is 4.39 Å². The van der Waals surface area contributed by atoms with Crippen molar-refractivity contribution in [1.82, 2.24) is 20.3 Å². The van der Waals surface area contributed by atoms with Crippen molar-refractivity contribution < 1.29 is 8.78 Å². The van der Waals surface area contributed by atoms with Crippen LogP contribution >= 0.6 is 0 Å². The number of fused-ring (bicyclic) bond motifs is 1. The van der Waals surface area contributed by atoms with Crippen molar-refractivity contribution in [3.63, 3.8) is 0 Å². The van der Waals surface area contributed by atoms with Gasteiger partial charge in [-0.3, -0.25) is 4.98 Å². The molecule has 1 aliphatic carbocycles. The average molecular weight is 536 g/mol. The lowest BCUT2D eigenvalue weighted by atomic mass is 9.83. The molecule has 0 unspecified atom stereocenters. The Kier molecular flexibility index (Phi) is 7.56. The molecule has 40 heavy (non-hydrogen) atoms. The van der Waals surface area contributed by atoms with Crippen LogP contribution in [0.1, 0.15) is 38.9 Å². The summed E-state index contributed by atoms with van der Waals surface area (Å²) in [5.41, 5.74) is 6.57. The van der Waals surface area contributed by atoms with Crippen LogP contribution in [0.15, 0.2) is 125 Å². The molecule has 2 N–H and O–H groups in total. The molecule has 1 aliphatic heterocycles. The van der Waals surface area contributed by atoms with E-state index < -0.39 is 5.83 Å². The van der Waals surface area contributed by atoms with Gasteiger partial charge in [0.2, 0.25) is 0 Å². The molecule has 5 nitrogen and oxygen atoms in total. The lowest BCUT2D eigenvalue weighted by Gasteiger charge is -2.28. The molecule has 1 saturated carbocycles. The van der Waals surface area contributed by atoms with Crippen LogP contribution in [0.2, 0.25) is 0 Å². The van der Waals surface area contributed by atoms with Crippen LogP contribution < -0.4 is 5.32 Å². The van der Waals surface area contributed by atoms with Crippen molar-refractivity contribution in [1.29, 1.82) is 0 Å². The average Bonchev–Trinajstić information content (AvgIpc) is 3.33. The van der Waals surface area contributed by atoms with Crippen molar-refractivity contribution in [2.24, 2.45) is 10.9 Å². The summed E-state index contributed by atoms with van der Waals surface area (Å²) in [5, 5.41) is 3.33. The summed E-state index contributed by atoms with van der Waals surface area (Å²) in [6, 6.07) is 6.13. The van der Waals surface area contributed by atoms with E-state index in [1.165, 1.54) is 18.6 Å². The molecule has 0 spiro atoms. The molecular weight excluding hydrogens is 504 g/mol. The predicted octanol–water partition coefficient (Wildman–Crippen LogP) is 8.17.